The molecule has 1 heterocycles. The van der Waals surface area contributed by atoms with Crippen LogP contribution in [0.15, 0.2) is 0 Å². The number of hydrogen-bond donors (Lipinski definition) is 2. The predicted molar refractivity (Wildman–Crippen MR) is 39.9 cm³/mol. The Morgan fingerprint density at radius 3 is 2.73 bits per heavy atom. The van der Waals surface area contributed by atoms with Gasteiger partial charge >= 0.3 is 5.97 Å². The standard InChI is InChI=1S/C6H7NO3S/c1-3-7-6(10)4(11-3)2-5(8)9/h10H,2H2,1H3,(H,8,9). The lowest BCUT2D eigenvalue weighted by molar-refractivity contribution is -0.136. The second-order valence-electron chi connectivity index (χ2n) is 2.05. The summed E-state index contributed by atoms with van der Waals surface area (Å²) >= 11 is 1.20. The summed E-state index contributed by atoms with van der Waals surface area (Å²) in [5.41, 5.74) is 0. The van der Waals surface area contributed by atoms with Crippen molar-refractivity contribution >= 4 is 17.3 Å². The third-order valence-corrected chi connectivity index (χ3v) is 2.06. The first kappa shape index (κ1) is 8.00. The fraction of sp³-hybridized carbons (Fsp3) is 0.333. The van der Waals surface area contributed by atoms with E-state index in [1.54, 1.807) is 6.92 Å². The Bertz CT molecular complexity index is 281. The molecule has 0 saturated carbocycles. The van der Waals surface area contributed by atoms with Gasteiger partial charge in [-0.25, -0.2) is 4.98 Å². The first-order valence-corrected chi connectivity index (χ1v) is 3.78. The number of aryl methyl sites for hydroxylation is 1. The molecule has 5 heteroatoms. The second kappa shape index (κ2) is 2.87. The number of aromatic hydroxyl groups is 1. The monoisotopic (exact) mass is 173 g/mol. The Morgan fingerprint density at radius 2 is 2.36 bits per heavy atom. The lowest BCUT2D eigenvalue weighted by Gasteiger charge is -1.88. The summed E-state index contributed by atoms with van der Waals surface area (Å²) in [6.07, 6.45) is -0.155. The zero-order chi connectivity index (χ0) is 8.43. The van der Waals surface area contributed by atoms with E-state index in [0.717, 1.165) is 0 Å². The highest BCUT2D eigenvalue weighted by Crippen LogP contribution is 2.23. The van der Waals surface area contributed by atoms with E-state index >= 15 is 0 Å². The summed E-state index contributed by atoms with van der Waals surface area (Å²) in [6.45, 7) is 1.72. The van der Waals surface area contributed by atoms with Crippen LogP contribution in [0.2, 0.25) is 0 Å². The molecule has 0 saturated heterocycles. The number of carboxylic acid groups (broad SMARTS) is 1. The molecule has 0 aliphatic rings. The molecule has 1 aromatic rings. The first-order valence-electron chi connectivity index (χ1n) is 2.96. The van der Waals surface area contributed by atoms with Crippen LogP contribution in [0.4, 0.5) is 0 Å². The van der Waals surface area contributed by atoms with Gasteiger partial charge in [0.05, 0.1) is 16.3 Å². The molecule has 11 heavy (non-hydrogen) atoms. The second-order valence-corrected chi connectivity index (χ2v) is 3.34. The Hall–Kier alpha value is -1.10. The summed E-state index contributed by atoms with van der Waals surface area (Å²) in [4.78, 5) is 14.3. The molecule has 60 valence electrons. The molecular formula is C6H7NO3S. The Labute approximate surface area is 67.1 Å². The van der Waals surface area contributed by atoms with Crippen molar-refractivity contribution in [3.05, 3.63) is 9.88 Å². The first-order chi connectivity index (χ1) is 5.09. The van der Waals surface area contributed by atoms with Crippen molar-refractivity contribution < 1.29 is 15.0 Å². The minimum Gasteiger partial charge on any atom is -0.492 e. The van der Waals surface area contributed by atoms with Crippen molar-refractivity contribution in [1.29, 1.82) is 0 Å². The molecule has 0 atom stereocenters. The predicted octanol–water partition coefficient (Wildman–Crippen LogP) is 0.784. The van der Waals surface area contributed by atoms with Gasteiger partial charge < -0.3 is 10.2 Å². The van der Waals surface area contributed by atoms with Crippen LogP contribution < -0.4 is 0 Å². The molecule has 1 aromatic heterocycles. The maximum absolute atomic E-state index is 10.2. The third kappa shape index (κ3) is 1.91. The van der Waals surface area contributed by atoms with Gasteiger partial charge in [0.25, 0.3) is 0 Å². The summed E-state index contributed by atoms with van der Waals surface area (Å²) in [5.74, 6) is -1.11. The van der Waals surface area contributed by atoms with E-state index in [1.165, 1.54) is 11.3 Å². The summed E-state index contributed by atoms with van der Waals surface area (Å²) < 4.78 is 0. The van der Waals surface area contributed by atoms with Crippen LogP contribution in [0.1, 0.15) is 9.88 Å². The highest BCUT2D eigenvalue weighted by Gasteiger charge is 2.10. The molecule has 0 aliphatic carbocycles. The molecule has 4 nitrogen and oxygen atoms in total. The zero-order valence-corrected chi connectivity index (χ0v) is 6.68. The normalized spacial score (nSPS) is 9.91. The van der Waals surface area contributed by atoms with Crippen molar-refractivity contribution in [2.75, 3.05) is 0 Å². The van der Waals surface area contributed by atoms with E-state index in [-0.39, 0.29) is 12.3 Å². The molecule has 0 spiro atoms. The van der Waals surface area contributed by atoms with Gasteiger partial charge in [-0.05, 0) is 6.92 Å². The maximum Gasteiger partial charge on any atom is 0.308 e. The molecule has 0 amide bonds. The van der Waals surface area contributed by atoms with Crippen molar-refractivity contribution in [2.45, 2.75) is 13.3 Å². The van der Waals surface area contributed by atoms with Gasteiger partial charge in [-0.2, -0.15) is 0 Å². The van der Waals surface area contributed by atoms with Crippen molar-refractivity contribution in [3.8, 4) is 5.88 Å². The zero-order valence-electron chi connectivity index (χ0n) is 5.87. The van der Waals surface area contributed by atoms with E-state index in [4.69, 9.17) is 10.2 Å². The molecule has 0 fully saturated rings. The lowest BCUT2D eigenvalue weighted by atomic mass is 10.4. The minimum atomic E-state index is -0.955. The minimum absolute atomic E-state index is 0.155. The number of thiazole rings is 1. The molecule has 0 bridgehead atoms. The Morgan fingerprint density at radius 1 is 1.73 bits per heavy atom. The summed E-state index contributed by atoms with van der Waals surface area (Å²) in [5, 5.41) is 18.1. The van der Waals surface area contributed by atoms with Crippen molar-refractivity contribution in [2.24, 2.45) is 0 Å². The molecule has 0 unspecified atom stereocenters. The van der Waals surface area contributed by atoms with Gasteiger partial charge in [-0.1, -0.05) is 0 Å². The molecular weight excluding hydrogens is 166 g/mol. The van der Waals surface area contributed by atoms with E-state index < -0.39 is 5.97 Å². The summed E-state index contributed by atoms with van der Waals surface area (Å²) in [6, 6.07) is 0. The van der Waals surface area contributed by atoms with E-state index in [2.05, 4.69) is 4.98 Å². The van der Waals surface area contributed by atoms with Gasteiger partial charge in [-0.15, -0.1) is 11.3 Å². The number of rotatable bonds is 2. The molecule has 2 N–H and O–H groups in total. The van der Waals surface area contributed by atoms with Crippen molar-refractivity contribution in [3.63, 3.8) is 0 Å². The van der Waals surface area contributed by atoms with Crippen molar-refractivity contribution in [1.82, 2.24) is 4.98 Å². The SMILES string of the molecule is Cc1nc(O)c(CC(=O)O)s1. The highest BCUT2D eigenvalue weighted by atomic mass is 32.1. The van der Waals surface area contributed by atoms with E-state index in [0.29, 0.717) is 9.88 Å². The lowest BCUT2D eigenvalue weighted by Crippen LogP contribution is -1.97. The maximum atomic E-state index is 10.2. The van der Waals surface area contributed by atoms with E-state index in [1.807, 2.05) is 0 Å². The highest BCUT2D eigenvalue weighted by molar-refractivity contribution is 7.11. The van der Waals surface area contributed by atoms with Crippen LogP contribution in [0.25, 0.3) is 0 Å². The number of aliphatic carboxylic acids is 1. The van der Waals surface area contributed by atoms with Gasteiger partial charge in [-0.3, -0.25) is 4.79 Å². The molecule has 0 aliphatic heterocycles. The largest absolute Gasteiger partial charge is 0.492 e. The Kier molecular flexibility index (Phi) is 2.09. The number of carbonyl (C=O) groups is 1. The molecule has 1 rings (SSSR count). The van der Waals surface area contributed by atoms with E-state index in [9.17, 15) is 4.79 Å². The van der Waals surface area contributed by atoms with Gasteiger partial charge in [0.1, 0.15) is 0 Å². The van der Waals surface area contributed by atoms with Gasteiger partial charge in [0, 0.05) is 0 Å². The van der Waals surface area contributed by atoms with Crippen LogP contribution in [0.3, 0.4) is 0 Å². The number of aromatic nitrogens is 1. The quantitative estimate of drug-likeness (QED) is 0.693. The van der Waals surface area contributed by atoms with Crippen LogP contribution >= 0.6 is 11.3 Å². The smallest absolute Gasteiger partial charge is 0.308 e. The summed E-state index contributed by atoms with van der Waals surface area (Å²) in [7, 11) is 0. The van der Waals surface area contributed by atoms with Crippen LogP contribution in [-0.2, 0) is 11.2 Å². The molecule has 0 aromatic carbocycles. The van der Waals surface area contributed by atoms with Crippen LogP contribution in [0, 0.1) is 6.92 Å². The topological polar surface area (TPSA) is 70.4 Å². The number of nitrogens with zero attached hydrogens (tertiary/aromatic N) is 1. The Balaban J connectivity index is 2.85. The average Bonchev–Trinajstić information content (AvgIpc) is 2.09. The fourth-order valence-corrected chi connectivity index (χ4v) is 1.53. The van der Waals surface area contributed by atoms with Crippen LogP contribution in [0.5, 0.6) is 5.88 Å². The number of hydrogen-bond acceptors (Lipinski definition) is 4. The molecule has 0 radical (unpaired) electrons. The van der Waals surface area contributed by atoms with Gasteiger partial charge in [0.15, 0.2) is 0 Å². The van der Waals surface area contributed by atoms with Gasteiger partial charge in [0.2, 0.25) is 5.88 Å². The van der Waals surface area contributed by atoms with Crippen LogP contribution in [-0.4, -0.2) is 21.2 Å². The average molecular weight is 173 g/mol. The number of carboxylic acids is 1. The fourth-order valence-electron chi connectivity index (χ4n) is 0.711. The third-order valence-electron chi connectivity index (χ3n) is 1.10.